The Bertz CT molecular complexity index is 1610. The van der Waals surface area contributed by atoms with Gasteiger partial charge in [0, 0.05) is 55.7 Å². The summed E-state index contributed by atoms with van der Waals surface area (Å²) >= 11 is 0. The average molecular weight is 508 g/mol. The van der Waals surface area contributed by atoms with Gasteiger partial charge in [0.15, 0.2) is 0 Å². The van der Waals surface area contributed by atoms with Crippen molar-refractivity contribution in [3.63, 3.8) is 0 Å². The maximum atomic E-state index is 13.1. The Morgan fingerprint density at radius 3 is 2.39 bits per heavy atom. The average Bonchev–Trinajstić information content (AvgIpc) is 3.61. The van der Waals surface area contributed by atoms with Gasteiger partial charge in [-0.3, -0.25) is 9.59 Å². The largest absolute Gasteiger partial charge is 0.342 e. The van der Waals surface area contributed by atoms with Crippen LogP contribution in [0.1, 0.15) is 41.7 Å². The van der Waals surface area contributed by atoms with Gasteiger partial charge in [0.1, 0.15) is 11.6 Å². The zero-order valence-electron chi connectivity index (χ0n) is 21.0. The lowest BCUT2D eigenvalue weighted by Crippen LogP contribution is -2.39. The first-order chi connectivity index (χ1) is 18.7. The number of hydrogen-bond acceptors (Lipinski definition) is 5. The molecule has 192 valence electrons. The zero-order chi connectivity index (χ0) is 25.9. The summed E-state index contributed by atoms with van der Waals surface area (Å²) in [4.78, 5) is 36.4. The van der Waals surface area contributed by atoms with E-state index in [1.54, 1.807) is 6.07 Å². The van der Waals surface area contributed by atoms with E-state index in [2.05, 4.69) is 48.6 Å². The van der Waals surface area contributed by atoms with E-state index in [1.165, 1.54) is 5.56 Å². The normalized spacial score (nSPS) is 14.3. The molecule has 5 aromatic rings. The van der Waals surface area contributed by atoms with Crippen molar-refractivity contribution in [3.05, 3.63) is 113 Å². The molecule has 9 nitrogen and oxygen atoms in total. The second-order valence-corrected chi connectivity index (χ2v) is 9.75. The molecule has 4 heterocycles. The fourth-order valence-corrected chi connectivity index (χ4v) is 5.33. The number of likely N-dealkylation sites (tertiary alicyclic amines) is 1. The van der Waals surface area contributed by atoms with E-state index >= 15 is 0 Å². The maximum Gasteiger partial charge on any atom is 0.272 e. The Morgan fingerprint density at radius 2 is 1.58 bits per heavy atom. The molecule has 38 heavy (non-hydrogen) atoms. The van der Waals surface area contributed by atoms with Crippen molar-refractivity contribution in [3.8, 4) is 0 Å². The highest BCUT2D eigenvalue weighted by Crippen LogP contribution is 2.28. The van der Waals surface area contributed by atoms with Gasteiger partial charge in [-0.15, -0.1) is 0 Å². The minimum absolute atomic E-state index is 0.0273. The molecule has 1 N–H and O–H groups in total. The number of amides is 1. The molecule has 0 saturated carbocycles. The number of nitrogens with one attached hydrogen (secondary N) is 1. The molecule has 1 aliphatic heterocycles. The standard InChI is InChI=1S/C29H29N7O2/c37-27(18-25-23-8-4-5-9-24(23)29(38)33-32-25)34-14-10-22(11-15-34)28-31-13-17-36(28)20-26-30-12-16-35(26)19-21-6-2-1-3-7-21/h1-9,12-13,16-17,22H,10-11,14-15,18-20H2,(H,33,38). The second-order valence-electron chi connectivity index (χ2n) is 9.75. The van der Waals surface area contributed by atoms with Crippen molar-refractivity contribution >= 4 is 16.7 Å². The van der Waals surface area contributed by atoms with Crippen molar-refractivity contribution < 1.29 is 4.79 Å². The molecule has 1 saturated heterocycles. The summed E-state index contributed by atoms with van der Waals surface area (Å²) in [6, 6.07) is 17.6. The molecule has 0 bridgehead atoms. The van der Waals surface area contributed by atoms with E-state index in [9.17, 15) is 9.59 Å². The molecule has 1 fully saturated rings. The van der Waals surface area contributed by atoms with Crippen LogP contribution in [0.3, 0.4) is 0 Å². The molecule has 0 atom stereocenters. The quantitative estimate of drug-likeness (QED) is 0.364. The predicted molar refractivity (Wildman–Crippen MR) is 144 cm³/mol. The number of imidazole rings is 2. The Labute approximate surface area is 219 Å². The molecule has 6 rings (SSSR count). The number of carbonyl (C=O) groups is 1. The first-order valence-corrected chi connectivity index (χ1v) is 12.9. The number of aromatic nitrogens is 6. The molecule has 0 spiro atoms. The number of hydrogen-bond donors (Lipinski definition) is 1. The molecule has 0 radical (unpaired) electrons. The summed E-state index contributed by atoms with van der Waals surface area (Å²) in [6.07, 6.45) is 9.59. The summed E-state index contributed by atoms with van der Waals surface area (Å²) in [6.45, 7) is 2.76. The smallest absolute Gasteiger partial charge is 0.272 e. The number of rotatable bonds is 7. The van der Waals surface area contributed by atoms with Gasteiger partial charge in [-0.25, -0.2) is 15.1 Å². The van der Waals surface area contributed by atoms with Gasteiger partial charge in [0.25, 0.3) is 5.56 Å². The van der Waals surface area contributed by atoms with Crippen molar-refractivity contribution in [2.45, 2.75) is 38.3 Å². The highest BCUT2D eigenvalue weighted by atomic mass is 16.2. The van der Waals surface area contributed by atoms with Crippen molar-refractivity contribution in [2.75, 3.05) is 13.1 Å². The van der Waals surface area contributed by atoms with E-state index in [0.717, 1.165) is 36.4 Å². The van der Waals surface area contributed by atoms with E-state index in [-0.39, 0.29) is 23.8 Å². The van der Waals surface area contributed by atoms with Crippen molar-refractivity contribution in [1.29, 1.82) is 0 Å². The summed E-state index contributed by atoms with van der Waals surface area (Å²) in [5, 5.41) is 7.98. The van der Waals surface area contributed by atoms with Crippen LogP contribution in [0.2, 0.25) is 0 Å². The summed E-state index contributed by atoms with van der Waals surface area (Å²) in [5.41, 5.74) is 1.60. The molecule has 0 unspecified atom stereocenters. The fraction of sp³-hybridized carbons (Fsp3) is 0.276. The number of benzene rings is 2. The van der Waals surface area contributed by atoms with Gasteiger partial charge in [-0.2, -0.15) is 5.10 Å². The number of piperidine rings is 1. The second kappa shape index (κ2) is 10.5. The number of H-pyrrole nitrogens is 1. The lowest BCUT2D eigenvalue weighted by molar-refractivity contribution is -0.131. The van der Waals surface area contributed by atoms with Crippen LogP contribution in [0.5, 0.6) is 0 Å². The molecule has 0 aliphatic carbocycles. The van der Waals surface area contributed by atoms with E-state index in [0.29, 0.717) is 30.7 Å². The third-order valence-corrected chi connectivity index (χ3v) is 7.36. The van der Waals surface area contributed by atoms with Crippen LogP contribution in [0.25, 0.3) is 10.8 Å². The van der Waals surface area contributed by atoms with Gasteiger partial charge < -0.3 is 14.0 Å². The van der Waals surface area contributed by atoms with Crippen LogP contribution >= 0.6 is 0 Å². The third kappa shape index (κ3) is 4.87. The molecule has 9 heteroatoms. The zero-order valence-corrected chi connectivity index (χ0v) is 21.0. The van der Waals surface area contributed by atoms with Gasteiger partial charge in [0.05, 0.1) is 24.0 Å². The number of fused-ring (bicyclic) bond motifs is 1. The highest BCUT2D eigenvalue weighted by Gasteiger charge is 2.27. The molecular weight excluding hydrogens is 478 g/mol. The van der Waals surface area contributed by atoms with Gasteiger partial charge in [-0.1, -0.05) is 48.5 Å². The first-order valence-electron chi connectivity index (χ1n) is 12.9. The highest BCUT2D eigenvalue weighted by molar-refractivity contribution is 5.88. The van der Waals surface area contributed by atoms with Gasteiger partial charge >= 0.3 is 0 Å². The first kappa shape index (κ1) is 23.8. The van der Waals surface area contributed by atoms with Gasteiger partial charge in [0.2, 0.25) is 5.91 Å². The molecule has 1 amide bonds. The van der Waals surface area contributed by atoms with E-state index in [1.807, 2.05) is 54.0 Å². The lowest BCUT2D eigenvalue weighted by atomic mass is 9.95. The minimum Gasteiger partial charge on any atom is -0.342 e. The molecular formula is C29H29N7O2. The summed E-state index contributed by atoms with van der Waals surface area (Å²) < 4.78 is 4.36. The SMILES string of the molecule is O=C(Cc1n[nH]c(=O)c2ccccc12)N1CCC(c2nccn2Cc2nccn2Cc2ccccc2)CC1. The van der Waals surface area contributed by atoms with Crippen molar-refractivity contribution in [2.24, 2.45) is 0 Å². The fourth-order valence-electron chi connectivity index (χ4n) is 5.33. The third-order valence-electron chi connectivity index (χ3n) is 7.36. The summed E-state index contributed by atoms with van der Waals surface area (Å²) in [7, 11) is 0. The summed E-state index contributed by atoms with van der Waals surface area (Å²) in [5.74, 6) is 2.33. The topological polar surface area (TPSA) is 102 Å². The number of carbonyl (C=O) groups excluding carboxylic acids is 1. The van der Waals surface area contributed by atoms with Crippen molar-refractivity contribution in [1.82, 2.24) is 34.2 Å². The van der Waals surface area contributed by atoms with Gasteiger partial charge in [-0.05, 0) is 24.5 Å². The van der Waals surface area contributed by atoms with Crippen LogP contribution in [-0.2, 0) is 24.3 Å². The van der Waals surface area contributed by atoms with Crippen LogP contribution in [0.4, 0.5) is 0 Å². The Balaban J connectivity index is 1.10. The van der Waals surface area contributed by atoms with Crippen LogP contribution in [0.15, 0.2) is 84.2 Å². The number of nitrogens with zero attached hydrogens (tertiary/aromatic N) is 6. The van der Waals surface area contributed by atoms with Crippen LogP contribution in [-0.4, -0.2) is 53.2 Å². The van der Waals surface area contributed by atoms with Crippen LogP contribution < -0.4 is 5.56 Å². The molecule has 2 aromatic carbocycles. The van der Waals surface area contributed by atoms with E-state index < -0.39 is 0 Å². The Kier molecular flexibility index (Phi) is 6.56. The predicted octanol–water partition coefficient (Wildman–Crippen LogP) is 3.36. The Hall–Kier alpha value is -4.53. The Morgan fingerprint density at radius 1 is 0.868 bits per heavy atom. The minimum atomic E-state index is -0.240. The number of aromatic amines is 1. The van der Waals surface area contributed by atoms with Crippen LogP contribution in [0, 0.1) is 0 Å². The molecule has 1 aliphatic rings. The lowest BCUT2D eigenvalue weighted by Gasteiger charge is -2.32. The monoisotopic (exact) mass is 507 g/mol. The van der Waals surface area contributed by atoms with E-state index in [4.69, 9.17) is 4.98 Å². The maximum absolute atomic E-state index is 13.1. The molecule has 3 aromatic heterocycles.